The molecule has 3 rings (SSSR count). The second kappa shape index (κ2) is 13.0. The Morgan fingerprint density at radius 1 is 1.03 bits per heavy atom. The topological polar surface area (TPSA) is 56.8 Å². The van der Waals surface area contributed by atoms with Crippen molar-refractivity contribution < 1.29 is 23.4 Å². The largest absolute Gasteiger partial charge is 0.457 e. The summed E-state index contributed by atoms with van der Waals surface area (Å²) in [5.74, 6) is 0.486. The van der Waals surface area contributed by atoms with Crippen molar-refractivity contribution in [3.8, 4) is 0 Å². The van der Waals surface area contributed by atoms with Gasteiger partial charge in [-0.1, -0.05) is 39.0 Å². The number of nitrogens with one attached hydrogen (secondary N) is 1. The van der Waals surface area contributed by atoms with Gasteiger partial charge in [0.05, 0.1) is 0 Å². The van der Waals surface area contributed by atoms with Crippen LogP contribution in [0, 0.1) is 11.8 Å². The third-order valence-electron chi connectivity index (χ3n) is 7.10. The number of alkyl halides is 1. The lowest BCUT2D eigenvalue weighted by molar-refractivity contribution is -0.166. The second-order valence-electron chi connectivity index (χ2n) is 9.44. The van der Waals surface area contributed by atoms with Crippen LogP contribution in [0.15, 0.2) is 0 Å². The molecule has 0 aromatic carbocycles. The van der Waals surface area contributed by atoms with Gasteiger partial charge in [-0.3, -0.25) is 5.32 Å². The fourth-order valence-corrected chi connectivity index (χ4v) is 5.17. The lowest BCUT2D eigenvalue weighted by Gasteiger charge is -2.39. The molecular weight excluding hydrogens is 385 g/mol. The van der Waals surface area contributed by atoms with E-state index in [0.717, 1.165) is 45.3 Å². The van der Waals surface area contributed by atoms with Crippen LogP contribution in [0.4, 0.5) is 4.39 Å². The molecule has 174 valence electrons. The fourth-order valence-electron chi connectivity index (χ4n) is 5.17. The SMILES string of the molecule is CCCCCCCCOC1CCC(C2CCC(OC(=O)C3CCCO3)C(F)C2)CN1. The number of ether oxygens (including phenoxy) is 3. The van der Waals surface area contributed by atoms with E-state index in [2.05, 4.69) is 12.2 Å². The van der Waals surface area contributed by atoms with Crippen molar-refractivity contribution in [1.82, 2.24) is 5.32 Å². The predicted molar refractivity (Wildman–Crippen MR) is 115 cm³/mol. The summed E-state index contributed by atoms with van der Waals surface area (Å²) in [5, 5.41) is 3.53. The van der Waals surface area contributed by atoms with E-state index in [4.69, 9.17) is 14.2 Å². The molecule has 2 aliphatic heterocycles. The number of halogens is 1. The number of unbranched alkanes of at least 4 members (excludes halogenated alkanes) is 5. The summed E-state index contributed by atoms with van der Waals surface area (Å²) >= 11 is 0. The molecule has 6 heteroatoms. The van der Waals surface area contributed by atoms with E-state index in [1.54, 1.807) is 0 Å². The van der Waals surface area contributed by atoms with Crippen LogP contribution in [0.5, 0.6) is 0 Å². The van der Waals surface area contributed by atoms with Gasteiger partial charge in [0.15, 0.2) is 6.10 Å². The van der Waals surface area contributed by atoms with Crippen LogP contribution < -0.4 is 5.32 Å². The standard InChI is InChI=1S/C24H42FNO4/c1-2-3-4-5-6-7-14-29-23-13-11-19(17-26-23)18-10-12-21(20(25)16-18)30-24(27)22-9-8-15-28-22/h18-23,26H,2-17H2,1H3. The normalized spacial score (nSPS) is 34.7. The molecule has 30 heavy (non-hydrogen) atoms. The Morgan fingerprint density at radius 3 is 2.53 bits per heavy atom. The van der Waals surface area contributed by atoms with E-state index in [-0.39, 0.29) is 12.2 Å². The van der Waals surface area contributed by atoms with E-state index in [9.17, 15) is 9.18 Å². The Bertz CT molecular complexity index is 492. The molecule has 2 heterocycles. The molecule has 6 atom stereocenters. The Hall–Kier alpha value is -0.720. The third kappa shape index (κ3) is 7.45. The summed E-state index contributed by atoms with van der Waals surface area (Å²) in [6.07, 6.45) is 11.4. The number of carbonyl (C=O) groups excluding carboxylic acids is 1. The highest BCUT2D eigenvalue weighted by Crippen LogP contribution is 2.37. The Labute approximate surface area is 181 Å². The Morgan fingerprint density at radius 2 is 1.83 bits per heavy atom. The predicted octanol–water partition coefficient (Wildman–Crippen LogP) is 4.92. The number of piperidine rings is 1. The van der Waals surface area contributed by atoms with Crippen molar-refractivity contribution in [3.63, 3.8) is 0 Å². The highest BCUT2D eigenvalue weighted by atomic mass is 19.1. The van der Waals surface area contributed by atoms with Crippen LogP contribution in [0.2, 0.25) is 0 Å². The van der Waals surface area contributed by atoms with Gasteiger partial charge in [-0.2, -0.15) is 0 Å². The molecule has 3 fully saturated rings. The second-order valence-corrected chi connectivity index (χ2v) is 9.44. The molecule has 1 aliphatic carbocycles. The van der Waals surface area contributed by atoms with Gasteiger partial charge in [0.25, 0.3) is 0 Å². The molecule has 2 saturated heterocycles. The molecule has 1 N–H and O–H groups in total. The molecule has 0 amide bonds. The third-order valence-corrected chi connectivity index (χ3v) is 7.10. The minimum Gasteiger partial charge on any atom is -0.457 e. The minimum absolute atomic E-state index is 0.154. The van der Waals surface area contributed by atoms with Gasteiger partial charge < -0.3 is 14.2 Å². The summed E-state index contributed by atoms with van der Waals surface area (Å²) in [7, 11) is 0. The lowest BCUT2D eigenvalue weighted by Crippen LogP contribution is -2.45. The Kier molecular flexibility index (Phi) is 10.3. The Balaban J connectivity index is 1.28. The van der Waals surface area contributed by atoms with Crippen LogP contribution in [-0.2, 0) is 19.0 Å². The average molecular weight is 428 g/mol. The number of rotatable bonds is 11. The highest BCUT2D eigenvalue weighted by Gasteiger charge is 2.39. The first-order chi connectivity index (χ1) is 14.7. The van der Waals surface area contributed by atoms with Gasteiger partial charge in [-0.25, -0.2) is 9.18 Å². The number of hydrogen-bond acceptors (Lipinski definition) is 5. The first kappa shape index (κ1) is 23.9. The van der Waals surface area contributed by atoms with E-state index in [0.29, 0.717) is 37.7 Å². The first-order valence-corrected chi connectivity index (χ1v) is 12.5. The fraction of sp³-hybridized carbons (Fsp3) is 0.958. The molecule has 5 nitrogen and oxygen atoms in total. The van der Waals surface area contributed by atoms with Gasteiger partial charge >= 0.3 is 5.97 Å². The molecular formula is C24H42FNO4. The van der Waals surface area contributed by atoms with Gasteiger partial charge in [-0.15, -0.1) is 0 Å². The molecule has 1 saturated carbocycles. The van der Waals surface area contributed by atoms with Gasteiger partial charge in [0, 0.05) is 19.8 Å². The molecule has 3 aliphatic rings. The summed E-state index contributed by atoms with van der Waals surface area (Å²) in [6.45, 7) is 4.58. The average Bonchev–Trinajstić information content (AvgIpc) is 3.30. The van der Waals surface area contributed by atoms with E-state index < -0.39 is 18.4 Å². The van der Waals surface area contributed by atoms with E-state index >= 15 is 0 Å². The maximum absolute atomic E-state index is 14.7. The number of esters is 1. The zero-order valence-corrected chi connectivity index (χ0v) is 18.8. The van der Waals surface area contributed by atoms with Crippen molar-refractivity contribution in [2.24, 2.45) is 11.8 Å². The monoisotopic (exact) mass is 427 g/mol. The van der Waals surface area contributed by atoms with Crippen LogP contribution in [0.25, 0.3) is 0 Å². The summed E-state index contributed by atoms with van der Waals surface area (Å²) < 4.78 is 31.5. The van der Waals surface area contributed by atoms with Gasteiger partial charge in [0.1, 0.15) is 18.5 Å². The van der Waals surface area contributed by atoms with Crippen molar-refractivity contribution in [1.29, 1.82) is 0 Å². The van der Waals surface area contributed by atoms with Crippen molar-refractivity contribution in [3.05, 3.63) is 0 Å². The lowest BCUT2D eigenvalue weighted by atomic mass is 9.75. The number of hydrogen-bond donors (Lipinski definition) is 1. The first-order valence-electron chi connectivity index (χ1n) is 12.5. The van der Waals surface area contributed by atoms with E-state index in [1.165, 1.54) is 32.1 Å². The molecule has 0 spiro atoms. The molecule has 0 bridgehead atoms. The van der Waals surface area contributed by atoms with Crippen LogP contribution in [0.1, 0.15) is 90.4 Å². The van der Waals surface area contributed by atoms with Gasteiger partial charge in [0.2, 0.25) is 0 Å². The van der Waals surface area contributed by atoms with Crippen LogP contribution >= 0.6 is 0 Å². The smallest absolute Gasteiger partial charge is 0.335 e. The van der Waals surface area contributed by atoms with Crippen LogP contribution in [0.3, 0.4) is 0 Å². The highest BCUT2D eigenvalue weighted by molar-refractivity contribution is 5.75. The van der Waals surface area contributed by atoms with Crippen molar-refractivity contribution >= 4 is 5.97 Å². The summed E-state index contributed by atoms with van der Waals surface area (Å²) in [4.78, 5) is 12.1. The number of carbonyl (C=O) groups is 1. The molecule has 0 radical (unpaired) electrons. The zero-order valence-electron chi connectivity index (χ0n) is 18.8. The van der Waals surface area contributed by atoms with Crippen molar-refractivity contribution in [2.45, 2.75) is 115 Å². The zero-order chi connectivity index (χ0) is 21.2. The van der Waals surface area contributed by atoms with E-state index in [1.807, 2.05) is 0 Å². The van der Waals surface area contributed by atoms with Crippen LogP contribution in [-0.4, -0.2) is 50.3 Å². The minimum atomic E-state index is -1.06. The molecule has 6 unspecified atom stereocenters. The molecule has 0 aromatic heterocycles. The summed E-state index contributed by atoms with van der Waals surface area (Å²) in [5.41, 5.74) is 0. The maximum atomic E-state index is 14.7. The maximum Gasteiger partial charge on any atom is 0.335 e. The van der Waals surface area contributed by atoms with Gasteiger partial charge in [-0.05, 0) is 63.2 Å². The van der Waals surface area contributed by atoms with Crippen molar-refractivity contribution in [2.75, 3.05) is 19.8 Å². The quantitative estimate of drug-likeness (QED) is 0.375. The summed E-state index contributed by atoms with van der Waals surface area (Å²) in [6, 6.07) is 0. The molecule has 0 aromatic rings.